The maximum absolute atomic E-state index is 11.1. The number of hydrogen-bond donors (Lipinski definition) is 1. The molecular formula is C12H14O5. The molecule has 1 unspecified atom stereocenters. The number of benzene rings is 1. The van der Waals surface area contributed by atoms with Gasteiger partial charge in [-0.05, 0) is 24.6 Å². The second kappa shape index (κ2) is 6.00. The van der Waals surface area contributed by atoms with E-state index < -0.39 is 12.1 Å². The Bertz CT molecular complexity index is 396. The third kappa shape index (κ3) is 3.88. The highest BCUT2D eigenvalue weighted by molar-refractivity contribution is 5.77. The highest BCUT2D eigenvalue weighted by atomic mass is 16.5. The van der Waals surface area contributed by atoms with Gasteiger partial charge in [-0.15, -0.1) is 0 Å². The summed E-state index contributed by atoms with van der Waals surface area (Å²) >= 11 is 0. The number of carbonyl (C=O) groups excluding carboxylic acids is 2. The first kappa shape index (κ1) is 13.2. The van der Waals surface area contributed by atoms with E-state index in [-0.39, 0.29) is 12.4 Å². The molecule has 92 valence electrons. The summed E-state index contributed by atoms with van der Waals surface area (Å²) in [5.41, 5.74) is 0.409. The van der Waals surface area contributed by atoms with Gasteiger partial charge in [-0.3, -0.25) is 4.79 Å². The Morgan fingerprint density at radius 3 is 2.35 bits per heavy atom. The molecule has 0 aliphatic carbocycles. The van der Waals surface area contributed by atoms with Gasteiger partial charge < -0.3 is 14.6 Å². The Hall–Kier alpha value is -1.88. The van der Waals surface area contributed by atoms with Crippen LogP contribution < -0.4 is 4.74 Å². The van der Waals surface area contributed by atoms with Gasteiger partial charge in [0.25, 0.3) is 0 Å². The SMILES string of the molecule is COC(=O)C(O)c1ccc(OCC(C)=O)cc1. The number of Topliss-reactive ketones (excluding diaryl/α,β-unsaturated/α-hetero) is 1. The molecule has 0 saturated carbocycles. The molecule has 5 heteroatoms. The van der Waals surface area contributed by atoms with E-state index in [1.54, 1.807) is 12.1 Å². The fraction of sp³-hybridized carbons (Fsp3) is 0.333. The lowest BCUT2D eigenvalue weighted by molar-refractivity contribution is -0.150. The fourth-order valence-corrected chi connectivity index (χ4v) is 1.18. The number of ketones is 1. The van der Waals surface area contributed by atoms with Crippen molar-refractivity contribution in [2.45, 2.75) is 13.0 Å². The van der Waals surface area contributed by atoms with E-state index in [2.05, 4.69) is 4.74 Å². The molecule has 0 saturated heterocycles. The van der Waals surface area contributed by atoms with E-state index in [1.165, 1.54) is 26.2 Å². The summed E-state index contributed by atoms with van der Waals surface area (Å²) in [6.45, 7) is 1.42. The quantitative estimate of drug-likeness (QED) is 0.770. The van der Waals surface area contributed by atoms with Gasteiger partial charge in [-0.2, -0.15) is 0 Å². The van der Waals surface area contributed by atoms with Crippen LogP contribution in [0.2, 0.25) is 0 Å². The summed E-state index contributed by atoms with van der Waals surface area (Å²) in [6, 6.07) is 6.23. The fourth-order valence-electron chi connectivity index (χ4n) is 1.18. The molecule has 17 heavy (non-hydrogen) atoms. The molecule has 0 spiro atoms. The van der Waals surface area contributed by atoms with Crippen molar-refractivity contribution in [2.24, 2.45) is 0 Å². The lowest BCUT2D eigenvalue weighted by Crippen LogP contribution is -2.13. The minimum Gasteiger partial charge on any atom is -0.486 e. The normalized spacial score (nSPS) is 11.7. The van der Waals surface area contributed by atoms with E-state index in [1.807, 2.05) is 0 Å². The molecular weight excluding hydrogens is 224 g/mol. The molecule has 0 radical (unpaired) electrons. The number of aliphatic hydroxyl groups excluding tert-OH is 1. The molecule has 1 aromatic carbocycles. The summed E-state index contributed by atoms with van der Waals surface area (Å²) < 4.78 is 9.55. The number of rotatable bonds is 5. The Kier molecular flexibility index (Phi) is 4.66. The number of ether oxygens (including phenoxy) is 2. The summed E-state index contributed by atoms with van der Waals surface area (Å²) in [5.74, 6) is -0.299. The molecule has 0 aliphatic heterocycles. The Morgan fingerprint density at radius 2 is 1.88 bits per heavy atom. The minimum absolute atomic E-state index is 0.00109. The molecule has 0 amide bonds. The number of methoxy groups -OCH3 is 1. The predicted molar refractivity (Wildman–Crippen MR) is 59.6 cm³/mol. The zero-order valence-corrected chi connectivity index (χ0v) is 9.67. The van der Waals surface area contributed by atoms with Crippen LogP contribution in [0.5, 0.6) is 5.75 Å². The van der Waals surface area contributed by atoms with Crippen LogP contribution in [-0.4, -0.2) is 30.6 Å². The van der Waals surface area contributed by atoms with Gasteiger partial charge in [0.1, 0.15) is 12.4 Å². The molecule has 1 aromatic rings. The first-order valence-electron chi connectivity index (χ1n) is 5.02. The lowest BCUT2D eigenvalue weighted by atomic mass is 10.1. The lowest BCUT2D eigenvalue weighted by Gasteiger charge is -2.09. The van der Waals surface area contributed by atoms with Crippen LogP contribution in [0.15, 0.2) is 24.3 Å². The van der Waals surface area contributed by atoms with Crippen molar-refractivity contribution in [3.05, 3.63) is 29.8 Å². The van der Waals surface area contributed by atoms with Gasteiger partial charge in [-0.1, -0.05) is 12.1 Å². The predicted octanol–water partition coefficient (Wildman–Crippen LogP) is 0.861. The average molecular weight is 238 g/mol. The number of aliphatic hydroxyl groups is 1. The smallest absolute Gasteiger partial charge is 0.339 e. The maximum Gasteiger partial charge on any atom is 0.339 e. The van der Waals surface area contributed by atoms with Crippen LogP contribution in [0.25, 0.3) is 0 Å². The van der Waals surface area contributed by atoms with Crippen LogP contribution in [0.1, 0.15) is 18.6 Å². The van der Waals surface area contributed by atoms with Gasteiger partial charge in [-0.25, -0.2) is 4.79 Å². The Morgan fingerprint density at radius 1 is 1.29 bits per heavy atom. The van der Waals surface area contributed by atoms with Crippen molar-refractivity contribution in [2.75, 3.05) is 13.7 Å². The third-order valence-electron chi connectivity index (χ3n) is 2.06. The standard InChI is InChI=1S/C12H14O5/c1-8(13)7-17-10-5-3-9(4-6-10)11(14)12(15)16-2/h3-6,11,14H,7H2,1-2H3. The van der Waals surface area contributed by atoms with Gasteiger partial charge in [0.2, 0.25) is 0 Å². The number of esters is 1. The van der Waals surface area contributed by atoms with E-state index in [4.69, 9.17) is 4.74 Å². The Labute approximate surface area is 99.0 Å². The van der Waals surface area contributed by atoms with Gasteiger partial charge >= 0.3 is 5.97 Å². The molecule has 0 aliphatic rings. The largest absolute Gasteiger partial charge is 0.486 e. The molecule has 5 nitrogen and oxygen atoms in total. The van der Waals surface area contributed by atoms with Crippen LogP contribution in [0, 0.1) is 0 Å². The van der Waals surface area contributed by atoms with Crippen LogP contribution in [-0.2, 0) is 14.3 Å². The van der Waals surface area contributed by atoms with Gasteiger partial charge in [0, 0.05) is 0 Å². The summed E-state index contributed by atoms with van der Waals surface area (Å²) in [4.78, 5) is 21.8. The second-order valence-corrected chi connectivity index (χ2v) is 3.49. The van der Waals surface area contributed by atoms with Crippen LogP contribution >= 0.6 is 0 Å². The summed E-state index contributed by atoms with van der Waals surface area (Å²) in [6.07, 6.45) is -1.30. The highest BCUT2D eigenvalue weighted by Gasteiger charge is 2.17. The van der Waals surface area contributed by atoms with Gasteiger partial charge in [0.15, 0.2) is 11.9 Å². The third-order valence-corrected chi connectivity index (χ3v) is 2.06. The van der Waals surface area contributed by atoms with E-state index >= 15 is 0 Å². The first-order valence-corrected chi connectivity index (χ1v) is 5.02. The van der Waals surface area contributed by atoms with E-state index in [0.29, 0.717) is 11.3 Å². The summed E-state index contributed by atoms with van der Waals surface area (Å²) in [7, 11) is 1.20. The second-order valence-electron chi connectivity index (χ2n) is 3.49. The molecule has 1 rings (SSSR count). The highest BCUT2D eigenvalue weighted by Crippen LogP contribution is 2.18. The number of carbonyl (C=O) groups is 2. The maximum atomic E-state index is 11.1. The average Bonchev–Trinajstić information content (AvgIpc) is 2.35. The minimum atomic E-state index is -1.30. The molecule has 0 aromatic heterocycles. The Balaban J connectivity index is 2.67. The molecule has 1 N–H and O–H groups in total. The van der Waals surface area contributed by atoms with Crippen molar-refractivity contribution in [3.63, 3.8) is 0 Å². The van der Waals surface area contributed by atoms with Crippen LogP contribution in [0.4, 0.5) is 0 Å². The monoisotopic (exact) mass is 238 g/mol. The van der Waals surface area contributed by atoms with Crippen molar-refractivity contribution in [1.29, 1.82) is 0 Å². The van der Waals surface area contributed by atoms with Crippen molar-refractivity contribution >= 4 is 11.8 Å². The van der Waals surface area contributed by atoms with Crippen molar-refractivity contribution in [1.82, 2.24) is 0 Å². The first-order chi connectivity index (χ1) is 8.04. The molecule has 0 fully saturated rings. The summed E-state index contributed by atoms with van der Waals surface area (Å²) in [5, 5.41) is 9.53. The molecule has 1 atom stereocenters. The van der Waals surface area contributed by atoms with Crippen molar-refractivity contribution in [3.8, 4) is 5.75 Å². The molecule has 0 heterocycles. The van der Waals surface area contributed by atoms with Crippen molar-refractivity contribution < 1.29 is 24.2 Å². The van der Waals surface area contributed by atoms with Gasteiger partial charge in [0.05, 0.1) is 7.11 Å². The number of hydrogen-bond acceptors (Lipinski definition) is 5. The van der Waals surface area contributed by atoms with Crippen LogP contribution in [0.3, 0.4) is 0 Å². The topological polar surface area (TPSA) is 72.8 Å². The zero-order valence-electron chi connectivity index (χ0n) is 9.67. The molecule has 0 bridgehead atoms. The van der Waals surface area contributed by atoms with E-state index in [9.17, 15) is 14.7 Å². The van der Waals surface area contributed by atoms with E-state index in [0.717, 1.165) is 0 Å². The zero-order chi connectivity index (χ0) is 12.8.